The molecule has 0 heterocycles. The molecule has 12 heavy (non-hydrogen) atoms. The molecule has 1 N–H and O–H groups in total. The minimum Gasteiger partial charge on any atom is -0.464 e. The molecule has 0 unspecified atom stereocenters. The Labute approximate surface area is 71.5 Å². The van der Waals surface area contributed by atoms with Gasteiger partial charge in [-0.1, -0.05) is 0 Å². The zero-order chi connectivity index (χ0) is 9.78. The Hall–Kier alpha value is -0.640. The fourth-order valence-corrected chi connectivity index (χ4v) is 0.782. The number of esters is 1. The third-order valence-electron chi connectivity index (χ3n) is 1.24. The molecule has 0 spiro atoms. The molecular weight excluding hydrogens is 163 g/mol. The van der Waals surface area contributed by atoms with Gasteiger partial charge < -0.3 is 9.84 Å². The zero-order valence-corrected chi connectivity index (χ0v) is 7.63. The Morgan fingerprint density at radius 2 is 2.17 bits per heavy atom. The van der Waals surface area contributed by atoms with Crippen LogP contribution in [0.2, 0.25) is 0 Å². The lowest BCUT2D eigenvalue weighted by Gasteiger charge is -2.17. The predicted molar refractivity (Wildman–Crippen MR) is 42.4 cm³/mol. The number of carbonyl (C=O) groups is 1. The summed E-state index contributed by atoms with van der Waals surface area (Å²) in [6, 6.07) is 0. The van der Waals surface area contributed by atoms with E-state index in [1.165, 1.54) is 13.8 Å². The van der Waals surface area contributed by atoms with Crippen molar-refractivity contribution >= 4 is 5.97 Å². The van der Waals surface area contributed by atoms with E-state index in [0.29, 0.717) is 0 Å². The Balaban J connectivity index is 3.87. The van der Waals surface area contributed by atoms with Crippen LogP contribution in [0.1, 0.15) is 27.2 Å². The Kier molecular flexibility index (Phi) is 4.17. The van der Waals surface area contributed by atoms with E-state index in [1.54, 1.807) is 6.92 Å². The number of carbonyl (C=O) groups excluding carboxylic acids is 1. The summed E-state index contributed by atoms with van der Waals surface area (Å²) in [4.78, 5) is 10.8. The van der Waals surface area contributed by atoms with Gasteiger partial charge in [0.05, 0.1) is 6.61 Å². The fraction of sp³-hybridized carbons (Fsp3) is 0.875. The van der Waals surface area contributed by atoms with Gasteiger partial charge in [0.2, 0.25) is 0 Å². The smallest absolute Gasteiger partial charge is 0.335 e. The maximum Gasteiger partial charge on any atom is 0.335 e. The Bertz CT molecular complexity index is 151. The van der Waals surface area contributed by atoms with Crippen molar-refractivity contribution in [3.05, 3.63) is 0 Å². The number of ether oxygens (including phenoxy) is 1. The first-order chi connectivity index (χ1) is 5.37. The SMILES string of the molecule is CCOC(=O)[C@H](O)CC(C)(C)F. The largest absolute Gasteiger partial charge is 0.464 e. The maximum absolute atomic E-state index is 12.9. The van der Waals surface area contributed by atoms with Gasteiger partial charge in [-0.15, -0.1) is 0 Å². The zero-order valence-electron chi connectivity index (χ0n) is 7.63. The minimum atomic E-state index is -1.55. The van der Waals surface area contributed by atoms with Crippen molar-refractivity contribution in [3.63, 3.8) is 0 Å². The molecule has 72 valence electrons. The molecule has 0 aromatic rings. The van der Waals surface area contributed by atoms with Crippen LogP contribution < -0.4 is 0 Å². The quantitative estimate of drug-likeness (QED) is 0.654. The van der Waals surface area contributed by atoms with E-state index in [9.17, 15) is 9.18 Å². The van der Waals surface area contributed by atoms with Gasteiger partial charge in [-0.05, 0) is 20.8 Å². The lowest BCUT2D eigenvalue weighted by Crippen LogP contribution is -2.30. The first-order valence-electron chi connectivity index (χ1n) is 3.90. The van der Waals surface area contributed by atoms with Crippen LogP contribution in [0.25, 0.3) is 0 Å². The van der Waals surface area contributed by atoms with Crippen molar-refractivity contribution in [2.24, 2.45) is 0 Å². The van der Waals surface area contributed by atoms with Crippen molar-refractivity contribution in [1.29, 1.82) is 0 Å². The van der Waals surface area contributed by atoms with Gasteiger partial charge in [-0.2, -0.15) is 0 Å². The maximum atomic E-state index is 12.9. The molecule has 0 aromatic heterocycles. The van der Waals surface area contributed by atoms with Gasteiger partial charge in [0, 0.05) is 6.42 Å². The van der Waals surface area contributed by atoms with E-state index in [2.05, 4.69) is 4.74 Å². The average molecular weight is 178 g/mol. The number of alkyl halides is 1. The van der Waals surface area contributed by atoms with Crippen molar-refractivity contribution < 1.29 is 19.0 Å². The standard InChI is InChI=1S/C8H15FO3/c1-4-12-7(11)6(10)5-8(2,3)9/h6,10H,4-5H2,1-3H3/t6-/m1/s1. The third kappa shape index (κ3) is 5.07. The van der Waals surface area contributed by atoms with Crippen LogP contribution in [0.3, 0.4) is 0 Å². The summed E-state index contributed by atoms with van der Waals surface area (Å²) < 4.78 is 17.4. The van der Waals surface area contributed by atoms with Crippen molar-refractivity contribution in [2.75, 3.05) is 6.61 Å². The lowest BCUT2D eigenvalue weighted by atomic mass is 10.0. The summed E-state index contributed by atoms with van der Waals surface area (Å²) in [5, 5.41) is 9.07. The Morgan fingerprint density at radius 3 is 2.50 bits per heavy atom. The van der Waals surface area contributed by atoms with Crippen LogP contribution in [0.15, 0.2) is 0 Å². The molecule has 0 aliphatic carbocycles. The molecule has 0 radical (unpaired) electrons. The highest BCUT2D eigenvalue weighted by Crippen LogP contribution is 2.16. The third-order valence-corrected chi connectivity index (χ3v) is 1.24. The first kappa shape index (κ1) is 11.4. The summed E-state index contributed by atoms with van der Waals surface area (Å²) in [6.45, 7) is 4.43. The number of halogens is 1. The van der Waals surface area contributed by atoms with Crippen LogP contribution in [0.5, 0.6) is 0 Å². The van der Waals surface area contributed by atoms with Gasteiger partial charge in [0.1, 0.15) is 5.67 Å². The van der Waals surface area contributed by atoms with Gasteiger partial charge in [0.15, 0.2) is 6.10 Å². The molecule has 0 amide bonds. The predicted octanol–water partition coefficient (Wildman–Crippen LogP) is 1.05. The van der Waals surface area contributed by atoms with Crippen LogP contribution >= 0.6 is 0 Å². The summed E-state index contributed by atoms with van der Waals surface area (Å²) in [6.07, 6.45) is -1.59. The second kappa shape index (κ2) is 4.40. The van der Waals surface area contributed by atoms with Crippen molar-refractivity contribution in [2.45, 2.75) is 39.0 Å². The van der Waals surface area contributed by atoms with Crippen LogP contribution in [0, 0.1) is 0 Å². The van der Waals surface area contributed by atoms with E-state index < -0.39 is 17.7 Å². The Morgan fingerprint density at radius 1 is 1.67 bits per heavy atom. The summed E-state index contributed by atoms with van der Waals surface area (Å²) >= 11 is 0. The van der Waals surface area contributed by atoms with E-state index >= 15 is 0 Å². The minimum absolute atomic E-state index is 0.197. The number of aliphatic hydroxyl groups excluding tert-OH is 1. The summed E-state index contributed by atoms with van der Waals surface area (Å²) in [5.74, 6) is -0.761. The van der Waals surface area contributed by atoms with E-state index in [4.69, 9.17) is 5.11 Å². The fourth-order valence-electron chi connectivity index (χ4n) is 0.782. The monoisotopic (exact) mass is 178 g/mol. The first-order valence-corrected chi connectivity index (χ1v) is 3.90. The molecule has 0 bridgehead atoms. The average Bonchev–Trinajstić information content (AvgIpc) is 1.84. The second-order valence-electron chi connectivity index (χ2n) is 3.19. The van der Waals surface area contributed by atoms with E-state index in [1.807, 2.05) is 0 Å². The lowest BCUT2D eigenvalue weighted by molar-refractivity contribution is -0.154. The molecule has 0 saturated carbocycles. The highest BCUT2D eigenvalue weighted by Gasteiger charge is 2.26. The van der Waals surface area contributed by atoms with Crippen molar-refractivity contribution in [3.8, 4) is 0 Å². The molecule has 1 atom stereocenters. The molecule has 4 heteroatoms. The van der Waals surface area contributed by atoms with Crippen LogP contribution in [-0.4, -0.2) is 29.5 Å². The highest BCUT2D eigenvalue weighted by molar-refractivity contribution is 5.74. The van der Waals surface area contributed by atoms with Gasteiger partial charge in [-0.25, -0.2) is 9.18 Å². The molecule has 3 nitrogen and oxygen atoms in total. The molecule has 0 aliphatic heterocycles. The molecule has 0 rings (SSSR count). The normalized spacial score (nSPS) is 14.1. The van der Waals surface area contributed by atoms with Gasteiger partial charge in [0.25, 0.3) is 0 Å². The van der Waals surface area contributed by atoms with Gasteiger partial charge >= 0.3 is 5.97 Å². The number of hydrogen-bond acceptors (Lipinski definition) is 3. The molecule has 0 saturated heterocycles. The van der Waals surface area contributed by atoms with Crippen molar-refractivity contribution in [1.82, 2.24) is 0 Å². The summed E-state index contributed by atoms with van der Waals surface area (Å²) in [5.41, 5.74) is -1.55. The highest BCUT2D eigenvalue weighted by atomic mass is 19.1. The summed E-state index contributed by atoms with van der Waals surface area (Å²) in [7, 11) is 0. The number of aliphatic hydroxyl groups is 1. The van der Waals surface area contributed by atoms with E-state index in [0.717, 1.165) is 0 Å². The number of rotatable bonds is 4. The van der Waals surface area contributed by atoms with Crippen LogP contribution in [-0.2, 0) is 9.53 Å². The molecule has 0 aromatic carbocycles. The molecular formula is C8H15FO3. The molecule has 0 fully saturated rings. The van der Waals surface area contributed by atoms with Gasteiger partial charge in [-0.3, -0.25) is 0 Å². The number of hydrogen-bond donors (Lipinski definition) is 1. The topological polar surface area (TPSA) is 46.5 Å². The second-order valence-corrected chi connectivity index (χ2v) is 3.19. The van der Waals surface area contributed by atoms with E-state index in [-0.39, 0.29) is 13.0 Å². The van der Waals surface area contributed by atoms with Crippen LogP contribution in [0.4, 0.5) is 4.39 Å². The molecule has 0 aliphatic rings.